The molecule has 2 aliphatic heterocycles. The van der Waals surface area contributed by atoms with E-state index in [1.54, 1.807) is 4.90 Å². The van der Waals surface area contributed by atoms with Crippen LogP contribution in [0.1, 0.15) is 45.5 Å². The molecule has 38 heavy (non-hydrogen) atoms. The SMILES string of the molecule is CN(Cc1ccccc1)C(=O)c1ccc2c(c1)Cc1cccc(c1)CN(C1CCOCC1)CCOCCO2. The molecule has 2 bridgehead atoms. The summed E-state index contributed by atoms with van der Waals surface area (Å²) in [6.07, 6.45) is 2.82. The number of amides is 1. The van der Waals surface area contributed by atoms with Gasteiger partial charge in [-0.3, -0.25) is 9.69 Å². The van der Waals surface area contributed by atoms with Crippen LogP contribution in [-0.2, 0) is 29.0 Å². The van der Waals surface area contributed by atoms with Gasteiger partial charge in [-0.25, -0.2) is 0 Å². The Hall–Kier alpha value is -3.19. The van der Waals surface area contributed by atoms with Crippen LogP contribution in [0.3, 0.4) is 0 Å². The minimum atomic E-state index is 0.000226. The number of rotatable bonds is 4. The number of fused-ring (bicyclic) bond motifs is 3. The highest BCUT2D eigenvalue weighted by molar-refractivity contribution is 5.94. The van der Waals surface area contributed by atoms with E-state index in [1.165, 1.54) is 11.1 Å². The predicted molar refractivity (Wildman–Crippen MR) is 148 cm³/mol. The van der Waals surface area contributed by atoms with Gasteiger partial charge in [-0.2, -0.15) is 0 Å². The van der Waals surface area contributed by atoms with Crippen molar-refractivity contribution in [2.75, 3.05) is 46.6 Å². The van der Waals surface area contributed by atoms with Gasteiger partial charge >= 0.3 is 0 Å². The second-order valence-corrected chi connectivity index (χ2v) is 10.2. The first kappa shape index (κ1) is 26.4. The molecular formula is C32H38N2O4. The first-order valence-electron chi connectivity index (χ1n) is 13.7. The number of carbonyl (C=O) groups excluding carboxylic acids is 1. The van der Waals surface area contributed by atoms with Crippen LogP contribution in [0.2, 0.25) is 0 Å². The molecule has 5 rings (SSSR count). The van der Waals surface area contributed by atoms with Crippen molar-refractivity contribution < 1.29 is 19.0 Å². The number of carbonyl (C=O) groups is 1. The number of ether oxygens (including phenoxy) is 3. The molecule has 0 atom stereocenters. The Labute approximate surface area is 226 Å². The Morgan fingerprint density at radius 1 is 0.868 bits per heavy atom. The molecule has 0 aliphatic carbocycles. The first-order chi connectivity index (χ1) is 18.7. The summed E-state index contributed by atoms with van der Waals surface area (Å²) in [6.45, 7) is 5.70. The highest BCUT2D eigenvalue weighted by Crippen LogP contribution is 2.26. The van der Waals surface area contributed by atoms with E-state index >= 15 is 0 Å². The fourth-order valence-corrected chi connectivity index (χ4v) is 5.37. The van der Waals surface area contributed by atoms with E-state index in [9.17, 15) is 4.79 Å². The van der Waals surface area contributed by atoms with Gasteiger partial charge in [0.1, 0.15) is 12.4 Å². The quantitative estimate of drug-likeness (QED) is 0.494. The lowest BCUT2D eigenvalue weighted by Gasteiger charge is -2.34. The lowest BCUT2D eigenvalue weighted by Crippen LogP contribution is -2.41. The summed E-state index contributed by atoms with van der Waals surface area (Å²) in [6, 6.07) is 25.2. The number of hydrogen-bond donors (Lipinski definition) is 0. The molecule has 6 nitrogen and oxygen atoms in total. The van der Waals surface area contributed by atoms with Crippen LogP contribution in [0.15, 0.2) is 72.8 Å². The fourth-order valence-electron chi connectivity index (χ4n) is 5.37. The highest BCUT2D eigenvalue weighted by Gasteiger charge is 2.22. The molecule has 200 valence electrons. The van der Waals surface area contributed by atoms with Gasteiger partial charge in [-0.1, -0.05) is 54.6 Å². The summed E-state index contributed by atoms with van der Waals surface area (Å²) in [7, 11) is 1.85. The molecule has 2 aliphatic rings. The maximum absolute atomic E-state index is 13.3. The Balaban J connectivity index is 1.37. The topological polar surface area (TPSA) is 51.2 Å². The first-order valence-corrected chi connectivity index (χ1v) is 13.7. The van der Waals surface area contributed by atoms with Crippen LogP contribution in [0.25, 0.3) is 0 Å². The summed E-state index contributed by atoms with van der Waals surface area (Å²) in [5.41, 5.74) is 5.30. The Kier molecular flexibility index (Phi) is 9.07. The molecule has 1 fully saturated rings. The van der Waals surface area contributed by atoms with Crippen LogP contribution >= 0.6 is 0 Å². The molecular weight excluding hydrogens is 476 g/mol. The zero-order valence-electron chi connectivity index (χ0n) is 22.3. The monoisotopic (exact) mass is 514 g/mol. The number of nitrogens with zero attached hydrogens (tertiary/aromatic N) is 2. The van der Waals surface area contributed by atoms with Gasteiger partial charge < -0.3 is 19.1 Å². The van der Waals surface area contributed by atoms with Crippen LogP contribution in [-0.4, -0.2) is 68.4 Å². The lowest BCUT2D eigenvalue weighted by molar-refractivity contribution is 0.0133. The van der Waals surface area contributed by atoms with Gasteiger partial charge in [-0.05, 0) is 53.3 Å². The zero-order chi connectivity index (χ0) is 26.2. The van der Waals surface area contributed by atoms with Gasteiger partial charge in [0.15, 0.2) is 0 Å². The molecule has 0 N–H and O–H groups in total. The van der Waals surface area contributed by atoms with Crippen LogP contribution in [0.4, 0.5) is 0 Å². The normalized spacial score (nSPS) is 17.6. The van der Waals surface area contributed by atoms with Crippen molar-refractivity contribution in [3.63, 3.8) is 0 Å². The van der Waals surface area contributed by atoms with Gasteiger partial charge in [0.05, 0.1) is 13.2 Å². The standard InChI is InChI=1S/C32H38N2O4/c1-33(23-25-6-3-2-4-7-25)32(35)28-10-11-31-29(22-28)21-26-8-5-9-27(20-26)24-34(14-17-37-18-19-38-31)30-12-15-36-16-13-30/h2-11,20,22,30H,12-19,21,23-24H2,1H3. The highest BCUT2D eigenvalue weighted by atomic mass is 16.5. The van der Waals surface area contributed by atoms with Gasteiger partial charge in [0.25, 0.3) is 5.91 Å². The maximum atomic E-state index is 13.3. The minimum absolute atomic E-state index is 0.000226. The summed E-state index contributed by atoms with van der Waals surface area (Å²) in [5, 5.41) is 0. The van der Waals surface area contributed by atoms with E-state index in [0.29, 0.717) is 44.4 Å². The molecule has 2 heterocycles. The van der Waals surface area contributed by atoms with Crippen molar-refractivity contribution in [2.45, 2.75) is 38.4 Å². The van der Waals surface area contributed by atoms with Gasteiger partial charge in [0.2, 0.25) is 0 Å². The molecule has 0 radical (unpaired) electrons. The van der Waals surface area contributed by atoms with E-state index in [4.69, 9.17) is 14.2 Å². The average molecular weight is 515 g/mol. The third-order valence-electron chi connectivity index (χ3n) is 7.40. The van der Waals surface area contributed by atoms with E-state index in [2.05, 4.69) is 29.2 Å². The molecule has 0 unspecified atom stereocenters. The van der Waals surface area contributed by atoms with Gasteiger partial charge in [-0.15, -0.1) is 0 Å². The van der Waals surface area contributed by atoms with Crippen molar-refractivity contribution in [3.05, 3.63) is 101 Å². The Bertz CT molecular complexity index is 1190. The fraction of sp³-hybridized carbons (Fsp3) is 0.406. The molecule has 6 heteroatoms. The summed E-state index contributed by atoms with van der Waals surface area (Å²) in [4.78, 5) is 17.6. The average Bonchev–Trinajstić information content (AvgIpc) is 2.95. The maximum Gasteiger partial charge on any atom is 0.253 e. The summed E-state index contributed by atoms with van der Waals surface area (Å²) < 4.78 is 17.7. The number of hydrogen-bond acceptors (Lipinski definition) is 5. The smallest absolute Gasteiger partial charge is 0.253 e. The minimum Gasteiger partial charge on any atom is -0.491 e. The Morgan fingerprint density at radius 3 is 2.50 bits per heavy atom. The third kappa shape index (κ3) is 7.01. The van der Waals surface area contributed by atoms with Crippen molar-refractivity contribution >= 4 is 5.91 Å². The third-order valence-corrected chi connectivity index (χ3v) is 7.40. The summed E-state index contributed by atoms with van der Waals surface area (Å²) in [5.74, 6) is 0.808. The molecule has 1 amide bonds. The largest absolute Gasteiger partial charge is 0.491 e. The second kappa shape index (κ2) is 13.1. The van der Waals surface area contributed by atoms with Crippen LogP contribution < -0.4 is 4.74 Å². The molecule has 0 spiro atoms. The van der Waals surface area contributed by atoms with Crippen molar-refractivity contribution in [1.29, 1.82) is 0 Å². The molecule has 0 saturated carbocycles. The van der Waals surface area contributed by atoms with E-state index in [-0.39, 0.29) is 5.91 Å². The zero-order valence-corrected chi connectivity index (χ0v) is 22.3. The Morgan fingerprint density at radius 2 is 1.66 bits per heavy atom. The van der Waals surface area contributed by atoms with Crippen molar-refractivity contribution in [3.8, 4) is 5.75 Å². The van der Waals surface area contributed by atoms with E-state index in [0.717, 1.165) is 56.0 Å². The van der Waals surface area contributed by atoms with Gasteiger partial charge in [0, 0.05) is 57.9 Å². The number of benzene rings is 3. The molecule has 3 aromatic carbocycles. The lowest BCUT2D eigenvalue weighted by atomic mass is 9.99. The predicted octanol–water partition coefficient (Wildman–Crippen LogP) is 4.94. The second-order valence-electron chi connectivity index (χ2n) is 10.2. The van der Waals surface area contributed by atoms with E-state index in [1.807, 2.05) is 55.6 Å². The van der Waals surface area contributed by atoms with E-state index < -0.39 is 0 Å². The summed E-state index contributed by atoms with van der Waals surface area (Å²) >= 11 is 0. The van der Waals surface area contributed by atoms with Crippen LogP contribution in [0.5, 0.6) is 5.75 Å². The molecule has 0 aromatic heterocycles. The van der Waals surface area contributed by atoms with Crippen molar-refractivity contribution in [1.82, 2.24) is 9.80 Å². The van der Waals surface area contributed by atoms with Crippen molar-refractivity contribution in [2.24, 2.45) is 0 Å². The van der Waals surface area contributed by atoms with Crippen LogP contribution in [0, 0.1) is 0 Å². The molecule has 3 aromatic rings. The molecule has 1 saturated heterocycles.